The maximum absolute atomic E-state index is 12.1. The molecule has 3 amide bonds. The number of amides is 3. The largest absolute Gasteiger partial charge is 0.450 e. The molecule has 1 saturated heterocycles. The molecule has 1 heterocycles. The first-order valence-corrected chi connectivity index (χ1v) is 9.41. The predicted octanol–water partition coefficient (Wildman–Crippen LogP) is 1.52. The standard InChI is InChI=1S/C18H31N3O4/c1-4-25-18(24)21-9-5-6-14(11-21)13(3)20-16(22)7-8-19-17(23)15-10-12(15)2/h12-15H,4-11H2,1-3H3,(H,19,23)(H,20,22)/t12-,13+,14+,15+/m1/s1. The molecule has 1 aliphatic heterocycles. The van der Waals surface area contributed by atoms with Crippen molar-refractivity contribution in [3.8, 4) is 0 Å². The first-order valence-electron chi connectivity index (χ1n) is 9.41. The highest BCUT2D eigenvalue weighted by molar-refractivity contribution is 5.82. The highest BCUT2D eigenvalue weighted by Crippen LogP contribution is 2.37. The van der Waals surface area contributed by atoms with Gasteiger partial charge < -0.3 is 20.3 Å². The van der Waals surface area contributed by atoms with Crippen molar-refractivity contribution in [3.63, 3.8) is 0 Å². The number of carbonyl (C=O) groups excluding carboxylic acids is 3. The summed E-state index contributed by atoms with van der Waals surface area (Å²) >= 11 is 0. The van der Waals surface area contributed by atoms with Gasteiger partial charge in [0.1, 0.15) is 0 Å². The van der Waals surface area contributed by atoms with Crippen molar-refractivity contribution in [1.29, 1.82) is 0 Å². The quantitative estimate of drug-likeness (QED) is 0.726. The molecule has 2 aliphatic rings. The monoisotopic (exact) mass is 353 g/mol. The van der Waals surface area contributed by atoms with Crippen molar-refractivity contribution in [2.75, 3.05) is 26.2 Å². The van der Waals surface area contributed by atoms with E-state index in [9.17, 15) is 14.4 Å². The van der Waals surface area contributed by atoms with Crippen LogP contribution >= 0.6 is 0 Å². The zero-order chi connectivity index (χ0) is 18.4. The SMILES string of the molecule is CCOC(=O)N1CCC[C@H]([C@H](C)NC(=O)CCNC(=O)[C@H]2C[C@H]2C)C1. The molecule has 25 heavy (non-hydrogen) atoms. The molecule has 0 aromatic heterocycles. The molecule has 2 fully saturated rings. The number of hydrogen-bond donors (Lipinski definition) is 2. The van der Waals surface area contributed by atoms with E-state index in [-0.39, 0.29) is 42.2 Å². The topological polar surface area (TPSA) is 87.7 Å². The maximum Gasteiger partial charge on any atom is 0.409 e. The van der Waals surface area contributed by atoms with Crippen LogP contribution in [0.25, 0.3) is 0 Å². The molecule has 0 aromatic rings. The van der Waals surface area contributed by atoms with Crippen LogP contribution in [0.5, 0.6) is 0 Å². The Labute approximate surface area is 149 Å². The molecular weight excluding hydrogens is 322 g/mol. The molecule has 0 aromatic carbocycles. The Morgan fingerprint density at radius 3 is 2.68 bits per heavy atom. The highest BCUT2D eigenvalue weighted by Gasteiger charge is 2.38. The van der Waals surface area contributed by atoms with Crippen LogP contribution in [0.3, 0.4) is 0 Å². The Morgan fingerprint density at radius 2 is 2.04 bits per heavy atom. The van der Waals surface area contributed by atoms with E-state index in [0.29, 0.717) is 32.2 Å². The van der Waals surface area contributed by atoms with E-state index in [4.69, 9.17) is 4.74 Å². The number of hydrogen-bond acceptors (Lipinski definition) is 4. The van der Waals surface area contributed by atoms with Gasteiger partial charge in [-0.2, -0.15) is 0 Å². The van der Waals surface area contributed by atoms with Gasteiger partial charge >= 0.3 is 6.09 Å². The van der Waals surface area contributed by atoms with Gasteiger partial charge in [0.2, 0.25) is 11.8 Å². The van der Waals surface area contributed by atoms with E-state index < -0.39 is 0 Å². The summed E-state index contributed by atoms with van der Waals surface area (Å²) in [5.74, 6) is 0.834. The molecule has 0 bridgehead atoms. The van der Waals surface area contributed by atoms with Crippen LogP contribution < -0.4 is 10.6 Å². The van der Waals surface area contributed by atoms with E-state index in [1.807, 2.05) is 6.92 Å². The minimum Gasteiger partial charge on any atom is -0.450 e. The maximum atomic E-state index is 12.1. The van der Waals surface area contributed by atoms with Gasteiger partial charge in [-0.15, -0.1) is 0 Å². The van der Waals surface area contributed by atoms with Crippen LogP contribution in [0.2, 0.25) is 0 Å². The van der Waals surface area contributed by atoms with Crippen LogP contribution in [0.4, 0.5) is 4.79 Å². The first-order chi connectivity index (χ1) is 11.9. The summed E-state index contributed by atoms with van der Waals surface area (Å²) in [6.45, 7) is 7.89. The number of nitrogens with one attached hydrogen (secondary N) is 2. The average molecular weight is 353 g/mol. The van der Waals surface area contributed by atoms with E-state index in [1.54, 1.807) is 11.8 Å². The molecule has 0 radical (unpaired) electrons. The third-order valence-electron chi connectivity index (χ3n) is 5.18. The van der Waals surface area contributed by atoms with E-state index in [1.165, 1.54) is 0 Å². The zero-order valence-electron chi connectivity index (χ0n) is 15.5. The van der Waals surface area contributed by atoms with Crippen LogP contribution in [-0.4, -0.2) is 55.1 Å². The molecule has 0 unspecified atom stereocenters. The fourth-order valence-corrected chi connectivity index (χ4v) is 3.36. The highest BCUT2D eigenvalue weighted by atomic mass is 16.6. The second-order valence-corrected chi connectivity index (χ2v) is 7.26. The predicted molar refractivity (Wildman–Crippen MR) is 93.8 cm³/mol. The Morgan fingerprint density at radius 1 is 1.32 bits per heavy atom. The summed E-state index contributed by atoms with van der Waals surface area (Å²) < 4.78 is 5.06. The van der Waals surface area contributed by atoms with Crippen LogP contribution in [-0.2, 0) is 14.3 Å². The third-order valence-corrected chi connectivity index (χ3v) is 5.18. The second kappa shape index (κ2) is 9.06. The lowest BCUT2D eigenvalue weighted by Gasteiger charge is -2.35. The molecule has 142 valence electrons. The number of nitrogens with zero attached hydrogens (tertiary/aromatic N) is 1. The molecule has 1 saturated carbocycles. The second-order valence-electron chi connectivity index (χ2n) is 7.26. The molecule has 2 N–H and O–H groups in total. The summed E-state index contributed by atoms with van der Waals surface area (Å²) in [7, 11) is 0. The molecule has 2 rings (SSSR count). The zero-order valence-corrected chi connectivity index (χ0v) is 15.5. The van der Waals surface area contributed by atoms with Crippen LogP contribution in [0, 0.1) is 17.8 Å². The van der Waals surface area contributed by atoms with Gasteiger partial charge in [0.05, 0.1) is 6.61 Å². The van der Waals surface area contributed by atoms with Gasteiger partial charge in [0.25, 0.3) is 0 Å². The van der Waals surface area contributed by atoms with Gasteiger partial charge in [-0.3, -0.25) is 9.59 Å². The summed E-state index contributed by atoms with van der Waals surface area (Å²) in [4.78, 5) is 37.4. The van der Waals surface area contributed by atoms with Crippen molar-refractivity contribution in [2.24, 2.45) is 17.8 Å². The van der Waals surface area contributed by atoms with Gasteiger partial charge in [-0.05, 0) is 44.9 Å². The lowest BCUT2D eigenvalue weighted by molar-refractivity contribution is -0.123. The fourth-order valence-electron chi connectivity index (χ4n) is 3.36. The minimum atomic E-state index is -0.275. The molecule has 7 heteroatoms. The van der Waals surface area contributed by atoms with Crippen molar-refractivity contribution < 1.29 is 19.1 Å². The van der Waals surface area contributed by atoms with E-state index >= 15 is 0 Å². The number of carbonyl (C=O) groups is 3. The molecule has 7 nitrogen and oxygen atoms in total. The van der Waals surface area contributed by atoms with Gasteiger partial charge in [0, 0.05) is 38.0 Å². The third kappa shape index (κ3) is 5.90. The normalized spacial score (nSPS) is 26.5. The Kier molecular flexibility index (Phi) is 7.08. The number of likely N-dealkylation sites (tertiary alicyclic amines) is 1. The molecule has 4 atom stereocenters. The van der Waals surface area contributed by atoms with E-state index in [2.05, 4.69) is 17.6 Å². The smallest absolute Gasteiger partial charge is 0.409 e. The number of piperidine rings is 1. The number of rotatable bonds is 7. The average Bonchev–Trinajstić information content (AvgIpc) is 3.32. The minimum absolute atomic E-state index is 0.0103. The summed E-state index contributed by atoms with van der Waals surface area (Å²) in [5, 5.41) is 5.82. The van der Waals surface area contributed by atoms with E-state index in [0.717, 1.165) is 19.3 Å². The summed E-state index contributed by atoms with van der Waals surface area (Å²) in [6, 6.07) is -0.0103. The Bertz CT molecular complexity index is 497. The number of ether oxygens (including phenoxy) is 1. The van der Waals surface area contributed by atoms with Gasteiger partial charge in [-0.25, -0.2) is 4.79 Å². The summed E-state index contributed by atoms with van der Waals surface area (Å²) in [6.07, 6.45) is 2.86. The molecular formula is C18H31N3O4. The first kappa shape index (κ1) is 19.5. The van der Waals surface area contributed by atoms with Crippen molar-refractivity contribution in [2.45, 2.75) is 52.5 Å². The lowest BCUT2D eigenvalue weighted by atomic mass is 9.91. The summed E-state index contributed by atoms with van der Waals surface area (Å²) in [5.41, 5.74) is 0. The Hall–Kier alpha value is -1.79. The fraction of sp³-hybridized carbons (Fsp3) is 0.833. The van der Waals surface area contributed by atoms with Gasteiger partial charge in [-0.1, -0.05) is 6.92 Å². The van der Waals surface area contributed by atoms with Crippen LogP contribution in [0.1, 0.15) is 46.5 Å². The van der Waals surface area contributed by atoms with Crippen molar-refractivity contribution >= 4 is 17.9 Å². The Balaban J connectivity index is 1.67. The molecule has 0 spiro atoms. The van der Waals surface area contributed by atoms with Crippen molar-refractivity contribution in [3.05, 3.63) is 0 Å². The van der Waals surface area contributed by atoms with Crippen LogP contribution in [0.15, 0.2) is 0 Å². The van der Waals surface area contributed by atoms with Crippen molar-refractivity contribution in [1.82, 2.24) is 15.5 Å². The van der Waals surface area contributed by atoms with Gasteiger partial charge in [0.15, 0.2) is 0 Å². The lowest BCUT2D eigenvalue weighted by Crippen LogP contribution is -2.48. The molecule has 1 aliphatic carbocycles.